The fourth-order valence-corrected chi connectivity index (χ4v) is 3.18. The summed E-state index contributed by atoms with van der Waals surface area (Å²) in [6.45, 7) is 1.84. The van der Waals surface area contributed by atoms with Crippen molar-refractivity contribution < 1.29 is 9.59 Å². The zero-order chi connectivity index (χ0) is 14.7. The maximum atomic E-state index is 11.7. The number of thiophene rings is 1. The number of nitrogens with zero attached hydrogens (tertiary/aromatic N) is 3. The van der Waals surface area contributed by atoms with Gasteiger partial charge >= 0.3 is 0 Å². The van der Waals surface area contributed by atoms with Crippen LogP contribution in [0.1, 0.15) is 18.2 Å². The Balaban J connectivity index is 2.00. The van der Waals surface area contributed by atoms with E-state index in [0.717, 1.165) is 27.3 Å². The molecule has 0 spiro atoms. The van der Waals surface area contributed by atoms with E-state index in [1.54, 1.807) is 11.3 Å². The molecule has 20 heavy (non-hydrogen) atoms. The quantitative estimate of drug-likeness (QED) is 0.394. The molecule has 6 nitrogen and oxygen atoms in total. The topological polar surface area (TPSA) is 88.1 Å². The molecule has 1 aromatic heterocycles. The molecule has 2 rings (SSSR count). The van der Waals surface area contributed by atoms with Crippen molar-refractivity contribution in [3.8, 4) is 0 Å². The van der Waals surface area contributed by atoms with Gasteiger partial charge in [-0.25, -0.2) is 0 Å². The van der Waals surface area contributed by atoms with Gasteiger partial charge in [0.1, 0.15) is 5.25 Å². The normalized spacial score (nSPS) is 20.9. The Hall–Kier alpha value is -1.67. The average Bonchev–Trinajstić information content (AvgIpc) is 3.02. The third kappa shape index (κ3) is 3.26. The first kappa shape index (κ1) is 14.7. The summed E-state index contributed by atoms with van der Waals surface area (Å²) in [6.07, 6.45) is 0.157. The van der Waals surface area contributed by atoms with Crippen LogP contribution in [-0.2, 0) is 9.59 Å². The molecule has 0 aliphatic carbocycles. The molecule has 0 bridgehead atoms. The third-order valence-corrected chi connectivity index (χ3v) is 4.73. The van der Waals surface area contributed by atoms with Crippen LogP contribution in [0.15, 0.2) is 27.7 Å². The smallest absolute Gasteiger partial charge is 0.243 e. The van der Waals surface area contributed by atoms with Crippen LogP contribution in [0.25, 0.3) is 0 Å². The lowest BCUT2D eigenvalue weighted by atomic mass is 10.3. The van der Waals surface area contributed by atoms with E-state index in [2.05, 4.69) is 10.2 Å². The molecule has 1 aromatic rings. The number of nitrogens with two attached hydrogens (primary N) is 1. The molecule has 0 saturated carbocycles. The predicted octanol–water partition coefficient (Wildman–Crippen LogP) is 1.28. The van der Waals surface area contributed by atoms with Crippen molar-refractivity contribution in [2.45, 2.75) is 18.6 Å². The number of hydrogen-bond acceptors (Lipinski definition) is 6. The zero-order valence-electron chi connectivity index (χ0n) is 11.1. The first-order valence-corrected chi connectivity index (χ1v) is 7.63. The fourth-order valence-electron chi connectivity index (χ4n) is 1.64. The molecule has 1 aliphatic heterocycles. The van der Waals surface area contributed by atoms with Gasteiger partial charge in [0, 0.05) is 13.5 Å². The van der Waals surface area contributed by atoms with Gasteiger partial charge in [0.2, 0.25) is 11.8 Å². The Bertz CT molecular complexity index is 580. The molecule has 1 fully saturated rings. The summed E-state index contributed by atoms with van der Waals surface area (Å²) < 4.78 is 0. The fraction of sp³-hybridized carbons (Fsp3) is 0.333. The van der Waals surface area contributed by atoms with E-state index in [1.165, 1.54) is 7.05 Å². The van der Waals surface area contributed by atoms with Crippen molar-refractivity contribution in [1.29, 1.82) is 0 Å². The average molecular weight is 310 g/mol. The minimum atomic E-state index is -0.492. The van der Waals surface area contributed by atoms with Gasteiger partial charge in [-0.1, -0.05) is 17.8 Å². The monoisotopic (exact) mass is 310 g/mol. The summed E-state index contributed by atoms with van der Waals surface area (Å²) in [6, 6.07) is 3.87. The molecule has 1 aliphatic rings. The molecule has 2 heterocycles. The van der Waals surface area contributed by atoms with Crippen molar-refractivity contribution >= 4 is 45.8 Å². The van der Waals surface area contributed by atoms with Gasteiger partial charge in [0.15, 0.2) is 5.17 Å². The second-order valence-corrected chi connectivity index (χ2v) is 6.37. The summed E-state index contributed by atoms with van der Waals surface area (Å²) in [5, 5.41) is 9.57. The van der Waals surface area contributed by atoms with Crippen molar-refractivity contribution in [2.24, 2.45) is 15.9 Å². The number of likely N-dealkylation sites (tertiary alicyclic amines) is 1. The van der Waals surface area contributed by atoms with Gasteiger partial charge in [-0.3, -0.25) is 14.5 Å². The Morgan fingerprint density at radius 2 is 2.25 bits per heavy atom. The highest BCUT2D eigenvalue weighted by atomic mass is 32.2. The molecule has 2 amide bonds. The van der Waals surface area contributed by atoms with Gasteiger partial charge in [-0.05, 0) is 18.4 Å². The minimum Gasteiger partial charge on any atom is -0.377 e. The Morgan fingerprint density at radius 1 is 1.50 bits per heavy atom. The van der Waals surface area contributed by atoms with E-state index >= 15 is 0 Å². The number of amides is 2. The standard InChI is InChI=1S/C12H14N4O2S2/c1-7(8-4-3-5-19-8)14-15-12(13)20-9-6-10(17)16(2)11(9)18/h3-5,9H,6H2,1-2H3,(H2,13,15). The van der Waals surface area contributed by atoms with Crippen LogP contribution in [-0.4, -0.2) is 39.9 Å². The van der Waals surface area contributed by atoms with Crippen molar-refractivity contribution in [1.82, 2.24) is 4.90 Å². The van der Waals surface area contributed by atoms with Crippen molar-refractivity contribution in [3.05, 3.63) is 22.4 Å². The summed E-state index contributed by atoms with van der Waals surface area (Å²) in [7, 11) is 1.47. The van der Waals surface area contributed by atoms with E-state index < -0.39 is 5.25 Å². The maximum Gasteiger partial charge on any atom is 0.243 e. The lowest BCUT2D eigenvalue weighted by Crippen LogP contribution is -2.27. The Labute approximate surface area is 124 Å². The molecule has 0 radical (unpaired) electrons. The van der Waals surface area contributed by atoms with Crippen LogP contribution < -0.4 is 5.73 Å². The second kappa shape index (κ2) is 6.19. The first-order valence-electron chi connectivity index (χ1n) is 5.87. The highest BCUT2D eigenvalue weighted by molar-refractivity contribution is 8.14. The number of thioether (sulfide) groups is 1. The van der Waals surface area contributed by atoms with Crippen LogP contribution in [0.5, 0.6) is 0 Å². The van der Waals surface area contributed by atoms with Gasteiger partial charge < -0.3 is 5.73 Å². The maximum absolute atomic E-state index is 11.7. The van der Waals surface area contributed by atoms with E-state index in [-0.39, 0.29) is 23.4 Å². The van der Waals surface area contributed by atoms with Crippen LogP contribution in [0.3, 0.4) is 0 Å². The molecular weight excluding hydrogens is 296 g/mol. The SMILES string of the molecule is CC(=NN=C(N)SC1CC(=O)N(C)C1=O)c1cccs1. The van der Waals surface area contributed by atoms with Gasteiger partial charge in [-0.15, -0.1) is 16.4 Å². The number of amidine groups is 1. The molecule has 1 unspecified atom stereocenters. The number of imide groups is 1. The molecular formula is C12H14N4O2S2. The molecule has 1 atom stereocenters. The number of hydrogen-bond donors (Lipinski definition) is 1. The van der Waals surface area contributed by atoms with Crippen LogP contribution >= 0.6 is 23.1 Å². The molecule has 0 aromatic carbocycles. The Morgan fingerprint density at radius 3 is 2.80 bits per heavy atom. The highest BCUT2D eigenvalue weighted by Crippen LogP contribution is 2.24. The molecule has 106 valence electrons. The van der Waals surface area contributed by atoms with Crippen LogP contribution in [0.4, 0.5) is 0 Å². The van der Waals surface area contributed by atoms with Crippen molar-refractivity contribution in [3.63, 3.8) is 0 Å². The van der Waals surface area contributed by atoms with E-state index in [0.29, 0.717) is 0 Å². The van der Waals surface area contributed by atoms with Crippen molar-refractivity contribution in [2.75, 3.05) is 7.05 Å². The zero-order valence-corrected chi connectivity index (χ0v) is 12.7. The van der Waals surface area contributed by atoms with Crippen LogP contribution in [0, 0.1) is 0 Å². The predicted molar refractivity (Wildman–Crippen MR) is 81.9 cm³/mol. The summed E-state index contributed by atoms with van der Waals surface area (Å²) in [5.41, 5.74) is 6.49. The highest BCUT2D eigenvalue weighted by Gasteiger charge is 2.37. The molecule has 2 N–H and O–H groups in total. The van der Waals surface area contributed by atoms with E-state index in [4.69, 9.17) is 5.73 Å². The Kier molecular flexibility index (Phi) is 4.56. The van der Waals surface area contributed by atoms with Crippen LogP contribution in [0.2, 0.25) is 0 Å². The summed E-state index contributed by atoms with van der Waals surface area (Å²) in [5.74, 6) is -0.435. The van der Waals surface area contributed by atoms with Gasteiger partial charge in [-0.2, -0.15) is 5.10 Å². The number of carbonyl (C=O) groups is 2. The summed E-state index contributed by atoms with van der Waals surface area (Å²) >= 11 is 2.64. The molecule has 1 saturated heterocycles. The lowest BCUT2D eigenvalue weighted by molar-refractivity contribution is -0.136. The summed E-state index contributed by atoms with van der Waals surface area (Å²) in [4.78, 5) is 25.2. The lowest BCUT2D eigenvalue weighted by Gasteiger charge is -2.07. The first-order chi connectivity index (χ1) is 9.49. The molecule has 8 heteroatoms. The van der Waals surface area contributed by atoms with Gasteiger partial charge in [0.25, 0.3) is 0 Å². The number of carbonyl (C=O) groups excluding carboxylic acids is 2. The number of rotatable bonds is 3. The van der Waals surface area contributed by atoms with Gasteiger partial charge in [0.05, 0.1) is 10.6 Å². The minimum absolute atomic E-state index is 0.157. The second-order valence-electron chi connectivity index (χ2n) is 4.20. The van der Waals surface area contributed by atoms with E-state index in [1.807, 2.05) is 24.4 Å². The van der Waals surface area contributed by atoms with E-state index in [9.17, 15) is 9.59 Å². The third-order valence-electron chi connectivity index (χ3n) is 2.78. The largest absolute Gasteiger partial charge is 0.377 e.